The number of pyridine rings is 1. The second kappa shape index (κ2) is 6.58. The second-order valence-corrected chi connectivity index (χ2v) is 6.44. The van der Waals surface area contributed by atoms with Crippen LogP contribution in [0.15, 0.2) is 34.8 Å². The van der Waals surface area contributed by atoms with Gasteiger partial charge in [0.05, 0.1) is 5.69 Å². The van der Waals surface area contributed by atoms with E-state index in [0.717, 1.165) is 21.4 Å². The van der Waals surface area contributed by atoms with E-state index in [1.54, 1.807) is 12.1 Å². The van der Waals surface area contributed by atoms with E-state index in [1.807, 2.05) is 39.0 Å². The quantitative estimate of drug-likeness (QED) is 0.759. The second-order valence-electron chi connectivity index (χ2n) is 5.20. The summed E-state index contributed by atoms with van der Waals surface area (Å²) in [6, 6.07) is 9.11. The zero-order chi connectivity index (χ0) is 15.6. The Balaban J connectivity index is 2.28. The van der Waals surface area contributed by atoms with Crippen molar-refractivity contribution < 1.29 is 4.79 Å². The van der Waals surface area contributed by atoms with Gasteiger partial charge in [-0.2, -0.15) is 0 Å². The van der Waals surface area contributed by atoms with Gasteiger partial charge in [-0.05, 0) is 58.6 Å². The predicted octanol–water partition coefficient (Wildman–Crippen LogP) is 5.18. The average molecular weight is 368 g/mol. The van der Waals surface area contributed by atoms with Gasteiger partial charge in [0.25, 0.3) is 5.91 Å². The molecule has 110 valence electrons. The molecule has 1 aromatic carbocycles. The Morgan fingerprint density at radius 1 is 1.29 bits per heavy atom. The molecule has 0 aliphatic rings. The molecule has 1 N–H and O–H groups in total. The lowest BCUT2D eigenvalue weighted by molar-refractivity contribution is 0.102. The summed E-state index contributed by atoms with van der Waals surface area (Å²) in [7, 11) is 0. The van der Waals surface area contributed by atoms with Crippen molar-refractivity contribution in [3.05, 3.63) is 56.8 Å². The highest BCUT2D eigenvalue weighted by Gasteiger charge is 2.12. The first-order valence-electron chi connectivity index (χ1n) is 6.62. The molecule has 0 atom stereocenters. The number of benzene rings is 1. The van der Waals surface area contributed by atoms with Crippen molar-refractivity contribution >= 4 is 39.1 Å². The molecule has 0 saturated carbocycles. The number of anilines is 1. The largest absolute Gasteiger partial charge is 0.321 e. The van der Waals surface area contributed by atoms with Crippen LogP contribution >= 0.6 is 27.5 Å². The monoisotopic (exact) mass is 366 g/mol. The molecule has 0 bridgehead atoms. The van der Waals surface area contributed by atoms with E-state index in [-0.39, 0.29) is 11.8 Å². The Hall–Kier alpha value is -1.39. The first-order valence-corrected chi connectivity index (χ1v) is 7.79. The number of rotatable bonds is 3. The lowest BCUT2D eigenvalue weighted by Crippen LogP contribution is -2.13. The highest BCUT2D eigenvalue weighted by atomic mass is 79.9. The van der Waals surface area contributed by atoms with Crippen LogP contribution in [0.5, 0.6) is 0 Å². The van der Waals surface area contributed by atoms with Crippen molar-refractivity contribution in [1.29, 1.82) is 0 Å². The maximum absolute atomic E-state index is 12.4. The molecule has 0 aliphatic carbocycles. The minimum absolute atomic E-state index is 0.203. The van der Waals surface area contributed by atoms with Crippen LogP contribution in [-0.4, -0.2) is 10.9 Å². The molecule has 2 rings (SSSR count). The third kappa shape index (κ3) is 4.05. The molecule has 0 unspecified atom stereocenters. The summed E-state index contributed by atoms with van der Waals surface area (Å²) in [5.41, 5.74) is 3.15. The fourth-order valence-electron chi connectivity index (χ4n) is 1.86. The minimum atomic E-state index is -0.203. The van der Waals surface area contributed by atoms with Crippen LogP contribution in [0, 0.1) is 6.92 Å². The summed E-state index contributed by atoms with van der Waals surface area (Å²) in [6.45, 7) is 6.02. The van der Waals surface area contributed by atoms with Gasteiger partial charge in [0.2, 0.25) is 0 Å². The molecule has 0 fully saturated rings. The molecular formula is C16H16BrClN2O. The Morgan fingerprint density at radius 3 is 2.62 bits per heavy atom. The van der Waals surface area contributed by atoms with Gasteiger partial charge in [0.1, 0.15) is 5.15 Å². The van der Waals surface area contributed by atoms with Crippen molar-refractivity contribution in [3.8, 4) is 0 Å². The summed E-state index contributed by atoms with van der Waals surface area (Å²) in [6.07, 6.45) is 0. The van der Waals surface area contributed by atoms with Crippen molar-refractivity contribution in [1.82, 2.24) is 4.98 Å². The van der Waals surface area contributed by atoms with Crippen molar-refractivity contribution in [2.45, 2.75) is 26.7 Å². The Labute approximate surface area is 137 Å². The van der Waals surface area contributed by atoms with E-state index >= 15 is 0 Å². The Kier molecular flexibility index (Phi) is 5.01. The summed E-state index contributed by atoms with van der Waals surface area (Å²) in [5, 5.41) is 3.20. The molecule has 1 heterocycles. The van der Waals surface area contributed by atoms with Gasteiger partial charge < -0.3 is 5.32 Å². The fraction of sp³-hybridized carbons (Fsp3) is 0.250. The van der Waals surface area contributed by atoms with Crippen LogP contribution in [0.2, 0.25) is 5.15 Å². The highest BCUT2D eigenvalue weighted by Crippen LogP contribution is 2.25. The number of halogens is 2. The maximum atomic E-state index is 12.4. The van der Waals surface area contributed by atoms with Crippen molar-refractivity contribution in [2.75, 3.05) is 5.32 Å². The molecule has 0 spiro atoms. The molecule has 0 aliphatic heterocycles. The number of hydrogen-bond donors (Lipinski definition) is 1. The number of nitrogens with zero attached hydrogens (tertiary/aromatic N) is 1. The predicted molar refractivity (Wildman–Crippen MR) is 90.2 cm³/mol. The molecule has 1 aromatic heterocycles. The third-order valence-corrected chi connectivity index (χ3v) is 3.89. The maximum Gasteiger partial charge on any atom is 0.255 e. The van der Waals surface area contributed by atoms with E-state index in [9.17, 15) is 4.79 Å². The fourth-order valence-corrected chi connectivity index (χ4v) is 2.67. The van der Waals surface area contributed by atoms with Crippen LogP contribution in [0.25, 0.3) is 0 Å². The summed E-state index contributed by atoms with van der Waals surface area (Å²) in [5.74, 6) is 0.00659. The van der Waals surface area contributed by atoms with Gasteiger partial charge in [-0.15, -0.1) is 0 Å². The number of carbonyl (C=O) groups excluding carboxylic acids is 1. The number of hydrogen-bond acceptors (Lipinski definition) is 2. The molecular weight excluding hydrogens is 352 g/mol. The number of nitrogens with one attached hydrogen (secondary N) is 1. The zero-order valence-corrected chi connectivity index (χ0v) is 14.4. The van der Waals surface area contributed by atoms with Crippen molar-refractivity contribution in [2.24, 2.45) is 0 Å². The third-order valence-electron chi connectivity index (χ3n) is 3.04. The van der Waals surface area contributed by atoms with E-state index in [4.69, 9.17) is 11.6 Å². The molecule has 1 amide bonds. The highest BCUT2D eigenvalue weighted by molar-refractivity contribution is 9.10. The molecule has 2 aromatic rings. The molecule has 0 radical (unpaired) electrons. The van der Waals surface area contributed by atoms with Crippen LogP contribution in [0.4, 0.5) is 5.69 Å². The van der Waals surface area contributed by atoms with Gasteiger partial charge in [0.15, 0.2) is 0 Å². The average Bonchev–Trinajstić information content (AvgIpc) is 2.41. The summed E-state index contributed by atoms with van der Waals surface area (Å²) >= 11 is 9.44. The van der Waals surface area contributed by atoms with Gasteiger partial charge in [-0.25, -0.2) is 4.98 Å². The number of amides is 1. The minimum Gasteiger partial charge on any atom is -0.321 e. The lowest BCUT2D eigenvalue weighted by atomic mass is 10.1. The summed E-state index contributed by atoms with van der Waals surface area (Å²) < 4.78 is 0.847. The van der Waals surface area contributed by atoms with Crippen LogP contribution in [-0.2, 0) is 0 Å². The molecule has 21 heavy (non-hydrogen) atoms. The van der Waals surface area contributed by atoms with Gasteiger partial charge in [-0.1, -0.05) is 31.5 Å². The number of aryl methyl sites for hydroxylation is 1. The SMILES string of the molecule is Cc1ccc(NC(=O)c2cc(Cl)nc(C(C)C)c2)c(Br)c1. The van der Waals surface area contributed by atoms with Crippen molar-refractivity contribution in [3.63, 3.8) is 0 Å². The van der Waals surface area contributed by atoms with Gasteiger partial charge in [0, 0.05) is 15.7 Å². The van der Waals surface area contributed by atoms with E-state index < -0.39 is 0 Å². The molecule has 3 nitrogen and oxygen atoms in total. The van der Waals surface area contributed by atoms with Gasteiger partial charge in [-0.3, -0.25) is 4.79 Å². The van der Waals surface area contributed by atoms with Crippen LogP contribution < -0.4 is 5.32 Å². The first kappa shape index (κ1) is 16.0. The molecule has 0 saturated heterocycles. The Bertz CT molecular complexity index is 686. The van der Waals surface area contributed by atoms with E-state index in [0.29, 0.717) is 10.7 Å². The Morgan fingerprint density at radius 2 is 2.00 bits per heavy atom. The standard InChI is InChI=1S/C16H16BrClN2O/c1-9(2)14-7-11(8-15(18)19-14)16(21)20-13-5-4-10(3)6-12(13)17/h4-9H,1-3H3,(H,20,21). The van der Waals surface area contributed by atoms with Crippen LogP contribution in [0.3, 0.4) is 0 Å². The number of aromatic nitrogens is 1. The lowest BCUT2D eigenvalue weighted by Gasteiger charge is -2.10. The topological polar surface area (TPSA) is 42.0 Å². The van der Waals surface area contributed by atoms with E-state index in [2.05, 4.69) is 26.2 Å². The zero-order valence-electron chi connectivity index (χ0n) is 12.1. The van der Waals surface area contributed by atoms with Crippen LogP contribution in [0.1, 0.15) is 41.4 Å². The number of carbonyl (C=O) groups is 1. The van der Waals surface area contributed by atoms with E-state index in [1.165, 1.54) is 0 Å². The molecule has 5 heteroatoms. The normalized spacial score (nSPS) is 10.8. The van der Waals surface area contributed by atoms with Gasteiger partial charge >= 0.3 is 0 Å². The first-order chi connectivity index (χ1) is 9.86. The smallest absolute Gasteiger partial charge is 0.255 e. The summed E-state index contributed by atoms with van der Waals surface area (Å²) in [4.78, 5) is 16.6.